The number of rotatable bonds is 8. The molecule has 1 aliphatic heterocycles. The van der Waals surface area contributed by atoms with E-state index in [1.165, 1.54) is 0 Å². The molecule has 0 saturated carbocycles. The summed E-state index contributed by atoms with van der Waals surface area (Å²) in [5.74, 6) is 0.279. The van der Waals surface area contributed by atoms with Gasteiger partial charge in [-0.3, -0.25) is 14.3 Å². The van der Waals surface area contributed by atoms with E-state index in [9.17, 15) is 9.59 Å². The molecule has 0 spiro atoms. The highest BCUT2D eigenvalue weighted by molar-refractivity contribution is 6.28. The number of hydrogen-bond donors (Lipinski definition) is 0. The molecule has 9 heteroatoms. The normalized spacial score (nSPS) is 17.4. The number of Topliss-reactive ketones (excluding diaryl/α,β-unsaturated/α-hetero) is 1. The van der Waals surface area contributed by atoms with Gasteiger partial charge < -0.3 is 9.42 Å². The molecular formula is C22H26N6O3. The van der Waals surface area contributed by atoms with Crippen LogP contribution in [0.3, 0.4) is 0 Å². The van der Waals surface area contributed by atoms with Crippen molar-refractivity contribution in [2.45, 2.75) is 40.0 Å². The Balaban J connectivity index is 1.61. The first-order valence-electron chi connectivity index (χ1n) is 10.3. The standard InChI is InChI=1S/C22H26N6O3/c1-4-26-15-27(19-10-23-25(12-19)13-20-16(2)24-31-17(20)3)22(21(30)14-29)28(26)11-18-8-6-5-7-9-18/h5-10,12,14,22H,4,11,13,15H2,1-3H3. The number of hydrazine groups is 1. The largest absolute Gasteiger partial charge is 0.361 e. The molecule has 162 valence electrons. The van der Waals surface area contributed by atoms with Crippen molar-refractivity contribution in [1.82, 2.24) is 25.0 Å². The van der Waals surface area contributed by atoms with Crippen molar-refractivity contribution in [2.24, 2.45) is 0 Å². The van der Waals surface area contributed by atoms with E-state index in [2.05, 4.69) is 15.3 Å². The first-order chi connectivity index (χ1) is 15.0. The van der Waals surface area contributed by atoms with Gasteiger partial charge in [0.05, 0.1) is 30.8 Å². The van der Waals surface area contributed by atoms with Gasteiger partial charge in [0.1, 0.15) is 5.76 Å². The number of carbonyl (C=O) groups excluding carboxylic acids is 2. The Hall–Kier alpha value is -3.30. The predicted molar refractivity (Wildman–Crippen MR) is 114 cm³/mol. The van der Waals surface area contributed by atoms with Gasteiger partial charge in [-0.15, -0.1) is 0 Å². The molecule has 0 bridgehead atoms. The minimum absolute atomic E-state index is 0.406. The van der Waals surface area contributed by atoms with Gasteiger partial charge in [0, 0.05) is 24.8 Å². The Morgan fingerprint density at radius 3 is 2.65 bits per heavy atom. The number of ketones is 1. The molecule has 1 saturated heterocycles. The van der Waals surface area contributed by atoms with Crippen LogP contribution in [0, 0.1) is 13.8 Å². The Kier molecular flexibility index (Phi) is 5.97. The monoisotopic (exact) mass is 422 g/mol. The van der Waals surface area contributed by atoms with Crippen molar-refractivity contribution in [3.63, 3.8) is 0 Å². The Morgan fingerprint density at radius 2 is 2.00 bits per heavy atom. The van der Waals surface area contributed by atoms with E-state index in [1.54, 1.807) is 10.9 Å². The summed E-state index contributed by atoms with van der Waals surface area (Å²) in [5, 5.41) is 12.5. The maximum atomic E-state index is 12.7. The Labute approximate surface area is 180 Å². The number of benzene rings is 1. The average molecular weight is 422 g/mol. The van der Waals surface area contributed by atoms with Crippen LogP contribution >= 0.6 is 0 Å². The zero-order valence-corrected chi connectivity index (χ0v) is 17.9. The second-order valence-electron chi connectivity index (χ2n) is 7.61. The summed E-state index contributed by atoms with van der Waals surface area (Å²) in [6.07, 6.45) is 3.30. The highest BCUT2D eigenvalue weighted by Gasteiger charge is 2.42. The fourth-order valence-corrected chi connectivity index (χ4v) is 3.95. The van der Waals surface area contributed by atoms with E-state index >= 15 is 0 Å². The van der Waals surface area contributed by atoms with Crippen LogP contribution in [-0.2, 0) is 22.7 Å². The second kappa shape index (κ2) is 8.83. The predicted octanol–water partition coefficient (Wildman–Crippen LogP) is 2.15. The zero-order chi connectivity index (χ0) is 22.0. The lowest BCUT2D eigenvalue weighted by atomic mass is 10.2. The number of anilines is 1. The molecule has 2 aromatic heterocycles. The van der Waals surface area contributed by atoms with E-state index in [0.29, 0.717) is 32.6 Å². The van der Waals surface area contributed by atoms with Crippen LogP contribution < -0.4 is 4.90 Å². The molecule has 1 fully saturated rings. The van der Waals surface area contributed by atoms with Gasteiger partial charge in [0.15, 0.2) is 12.5 Å². The Bertz CT molecular complexity index is 1040. The van der Waals surface area contributed by atoms with Gasteiger partial charge in [-0.05, 0) is 19.4 Å². The number of aryl methyl sites for hydroxylation is 2. The lowest BCUT2D eigenvalue weighted by Crippen LogP contribution is -2.48. The highest BCUT2D eigenvalue weighted by atomic mass is 16.5. The molecule has 31 heavy (non-hydrogen) atoms. The zero-order valence-electron chi connectivity index (χ0n) is 17.9. The number of aromatic nitrogens is 3. The average Bonchev–Trinajstić information content (AvgIpc) is 3.48. The summed E-state index contributed by atoms with van der Waals surface area (Å²) >= 11 is 0. The molecule has 0 amide bonds. The molecule has 1 unspecified atom stereocenters. The van der Waals surface area contributed by atoms with Crippen LogP contribution in [0.15, 0.2) is 47.2 Å². The molecule has 1 atom stereocenters. The summed E-state index contributed by atoms with van der Waals surface area (Å²) in [5.41, 5.74) is 3.66. The molecule has 3 aromatic rings. The summed E-state index contributed by atoms with van der Waals surface area (Å²) in [4.78, 5) is 26.1. The fourth-order valence-electron chi connectivity index (χ4n) is 3.95. The van der Waals surface area contributed by atoms with E-state index in [-0.39, 0.29) is 0 Å². The quantitative estimate of drug-likeness (QED) is 0.403. The highest BCUT2D eigenvalue weighted by Crippen LogP contribution is 2.28. The number of carbonyl (C=O) groups is 2. The first kappa shape index (κ1) is 21.0. The van der Waals surface area contributed by atoms with Gasteiger partial charge in [-0.2, -0.15) is 5.10 Å². The first-order valence-corrected chi connectivity index (χ1v) is 10.3. The van der Waals surface area contributed by atoms with Crippen LogP contribution in [-0.4, -0.2) is 56.4 Å². The van der Waals surface area contributed by atoms with E-state index < -0.39 is 11.9 Å². The lowest BCUT2D eigenvalue weighted by molar-refractivity contribution is -0.136. The van der Waals surface area contributed by atoms with Crippen LogP contribution in [0.25, 0.3) is 0 Å². The summed E-state index contributed by atoms with van der Waals surface area (Å²) in [7, 11) is 0. The van der Waals surface area contributed by atoms with Crippen molar-refractivity contribution in [3.8, 4) is 0 Å². The minimum atomic E-state index is -0.714. The van der Waals surface area contributed by atoms with Crippen molar-refractivity contribution in [1.29, 1.82) is 0 Å². The van der Waals surface area contributed by atoms with Gasteiger partial charge in [0.25, 0.3) is 0 Å². The molecule has 3 heterocycles. The SMILES string of the molecule is CCN1CN(c2cnn(Cc3c(C)noc3C)c2)C(C(=O)C=O)N1Cc1ccccc1. The molecule has 0 radical (unpaired) electrons. The van der Waals surface area contributed by atoms with Gasteiger partial charge >= 0.3 is 0 Å². The van der Waals surface area contributed by atoms with Crippen molar-refractivity contribution in [3.05, 3.63) is 65.3 Å². The summed E-state index contributed by atoms with van der Waals surface area (Å²) in [6.45, 7) is 8.05. The van der Waals surface area contributed by atoms with Gasteiger partial charge in [-0.25, -0.2) is 10.0 Å². The van der Waals surface area contributed by atoms with Crippen molar-refractivity contribution in [2.75, 3.05) is 18.1 Å². The fraction of sp³-hybridized carbons (Fsp3) is 0.364. The van der Waals surface area contributed by atoms with Gasteiger partial charge in [0.2, 0.25) is 5.78 Å². The van der Waals surface area contributed by atoms with Gasteiger partial charge in [-0.1, -0.05) is 42.4 Å². The number of hydrogen-bond acceptors (Lipinski definition) is 8. The number of nitrogens with zero attached hydrogens (tertiary/aromatic N) is 6. The number of aldehydes is 1. The lowest BCUT2D eigenvalue weighted by Gasteiger charge is -2.29. The third-order valence-electron chi connectivity index (χ3n) is 5.63. The minimum Gasteiger partial charge on any atom is -0.361 e. The molecule has 1 aliphatic rings. The third-order valence-corrected chi connectivity index (χ3v) is 5.63. The van der Waals surface area contributed by atoms with E-state index in [1.807, 2.05) is 67.2 Å². The third kappa shape index (κ3) is 4.14. The summed E-state index contributed by atoms with van der Waals surface area (Å²) < 4.78 is 7.03. The van der Waals surface area contributed by atoms with Crippen molar-refractivity contribution < 1.29 is 14.1 Å². The molecule has 0 aliphatic carbocycles. The summed E-state index contributed by atoms with van der Waals surface area (Å²) in [6, 6.07) is 9.92. The molecular weight excluding hydrogens is 396 g/mol. The van der Waals surface area contributed by atoms with E-state index in [0.717, 1.165) is 28.3 Å². The second-order valence-corrected chi connectivity index (χ2v) is 7.61. The van der Waals surface area contributed by atoms with Crippen molar-refractivity contribution >= 4 is 17.8 Å². The molecule has 4 rings (SSSR count). The van der Waals surface area contributed by atoms with Crippen LogP contribution in [0.1, 0.15) is 29.5 Å². The molecule has 0 N–H and O–H groups in total. The Morgan fingerprint density at radius 1 is 1.23 bits per heavy atom. The molecule has 1 aromatic carbocycles. The van der Waals surface area contributed by atoms with Crippen LogP contribution in [0.2, 0.25) is 0 Å². The maximum Gasteiger partial charge on any atom is 0.233 e. The van der Waals surface area contributed by atoms with E-state index in [4.69, 9.17) is 4.52 Å². The molecule has 9 nitrogen and oxygen atoms in total. The topological polar surface area (TPSA) is 87.7 Å². The smallest absolute Gasteiger partial charge is 0.233 e. The van der Waals surface area contributed by atoms with Crippen LogP contribution in [0.5, 0.6) is 0 Å². The van der Waals surface area contributed by atoms with Crippen LogP contribution in [0.4, 0.5) is 5.69 Å². The maximum absolute atomic E-state index is 12.7.